The van der Waals surface area contributed by atoms with Crippen LogP contribution in [0.25, 0.3) is 44.5 Å². The number of nitrogens with zero attached hydrogens (tertiary/aromatic N) is 1. The van der Waals surface area contributed by atoms with E-state index >= 15 is 0 Å². The largest absolute Gasteiger partial charge is 0.456 e. The molecule has 0 spiro atoms. The normalized spacial score (nSPS) is 25.6. The van der Waals surface area contributed by atoms with Gasteiger partial charge in [-0.3, -0.25) is 0 Å². The fourth-order valence-electron chi connectivity index (χ4n) is 8.77. The Bertz CT molecular complexity index is 1880. The summed E-state index contributed by atoms with van der Waals surface area (Å²) in [6, 6.07) is 22.6. The fraction of sp³-hybridized carbons (Fsp3) is 0.343. The summed E-state index contributed by atoms with van der Waals surface area (Å²) in [6.07, 6.45) is 0. The summed E-state index contributed by atoms with van der Waals surface area (Å²) in [5.74, 6) is 1.42. The first-order chi connectivity index (χ1) is 18.2. The Labute approximate surface area is 224 Å². The summed E-state index contributed by atoms with van der Waals surface area (Å²) in [5.41, 5.74) is 12.8. The van der Waals surface area contributed by atoms with Gasteiger partial charge in [0.25, 0.3) is 0 Å². The van der Waals surface area contributed by atoms with E-state index in [1.54, 1.807) is 0 Å². The van der Waals surface area contributed by atoms with Crippen LogP contribution in [0.4, 0.5) is 0 Å². The van der Waals surface area contributed by atoms with Crippen LogP contribution in [0.5, 0.6) is 0 Å². The number of hydrogen-bond acceptors (Lipinski definition) is 2. The van der Waals surface area contributed by atoms with E-state index < -0.39 is 0 Å². The Morgan fingerprint density at radius 2 is 1.68 bits per heavy atom. The number of fused-ring (bicyclic) bond motifs is 14. The standard InChI is InChI=1S/C35H34NO2/c1-19-16-20(2)21-13-15-25-29-24(34(5)28(18-37-7)35(34,6)36(25)26(21)17-19)14-12-23-30(29)33(3,4)31-22-10-8-9-11-27(22)38-32(23)31/h8-17,28H,18H2,1-7H3/q+1. The molecule has 0 bridgehead atoms. The number of pyridine rings is 1. The van der Waals surface area contributed by atoms with E-state index in [4.69, 9.17) is 9.15 Å². The van der Waals surface area contributed by atoms with Crippen molar-refractivity contribution >= 4 is 21.9 Å². The molecule has 8 rings (SSSR count). The number of aromatic nitrogens is 1. The third kappa shape index (κ3) is 2.27. The van der Waals surface area contributed by atoms with E-state index in [1.807, 2.05) is 7.11 Å². The first kappa shape index (κ1) is 22.5. The molecular weight excluding hydrogens is 466 g/mol. The van der Waals surface area contributed by atoms with Gasteiger partial charge in [-0.05, 0) is 55.2 Å². The van der Waals surface area contributed by atoms with Crippen molar-refractivity contribution in [2.45, 2.75) is 57.9 Å². The van der Waals surface area contributed by atoms with E-state index in [-0.39, 0.29) is 16.4 Å². The lowest BCUT2D eigenvalue weighted by atomic mass is 9.73. The molecule has 5 aromatic rings. The van der Waals surface area contributed by atoms with Crippen molar-refractivity contribution in [3.8, 4) is 22.6 Å². The molecule has 38 heavy (non-hydrogen) atoms. The lowest BCUT2D eigenvalue weighted by molar-refractivity contribution is -0.710. The van der Waals surface area contributed by atoms with Crippen molar-refractivity contribution < 1.29 is 13.7 Å². The molecular formula is C35H34NO2+. The zero-order valence-corrected chi connectivity index (χ0v) is 23.3. The van der Waals surface area contributed by atoms with Crippen molar-refractivity contribution in [1.29, 1.82) is 0 Å². The quantitative estimate of drug-likeness (QED) is 0.232. The molecule has 0 amide bonds. The van der Waals surface area contributed by atoms with Gasteiger partial charge in [-0.25, -0.2) is 0 Å². The highest BCUT2D eigenvalue weighted by Crippen LogP contribution is 2.70. The van der Waals surface area contributed by atoms with E-state index in [9.17, 15) is 0 Å². The molecule has 190 valence electrons. The van der Waals surface area contributed by atoms with Crippen LogP contribution < -0.4 is 4.57 Å². The highest BCUT2D eigenvalue weighted by atomic mass is 16.5. The Balaban J connectivity index is 1.53. The van der Waals surface area contributed by atoms with Crippen LogP contribution in [0, 0.1) is 19.8 Å². The number of benzene rings is 3. The molecule has 1 aliphatic heterocycles. The molecule has 2 aliphatic carbocycles. The van der Waals surface area contributed by atoms with Gasteiger partial charge in [0.15, 0.2) is 5.54 Å². The van der Waals surface area contributed by atoms with Crippen LogP contribution >= 0.6 is 0 Å². The fourth-order valence-corrected chi connectivity index (χ4v) is 8.77. The third-order valence-electron chi connectivity index (χ3n) is 10.7. The Kier molecular flexibility index (Phi) is 4.01. The predicted molar refractivity (Wildman–Crippen MR) is 153 cm³/mol. The highest BCUT2D eigenvalue weighted by molar-refractivity contribution is 5.98. The maximum atomic E-state index is 6.57. The minimum atomic E-state index is -0.187. The van der Waals surface area contributed by atoms with Crippen molar-refractivity contribution in [3.05, 3.63) is 88.5 Å². The molecule has 3 heterocycles. The van der Waals surface area contributed by atoms with Gasteiger partial charge in [0.2, 0.25) is 11.2 Å². The number of furan rings is 1. The summed E-state index contributed by atoms with van der Waals surface area (Å²) < 4.78 is 15.1. The molecule has 3 atom stereocenters. The number of aryl methyl sites for hydroxylation is 2. The number of hydrogen-bond donors (Lipinski definition) is 0. The molecule has 3 aliphatic rings. The summed E-state index contributed by atoms with van der Waals surface area (Å²) >= 11 is 0. The molecule has 1 fully saturated rings. The van der Waals surface area contributed by atoms with E-state index in [0.29, 0.717) is 5.92 Å². The van der Waals surface area contributed by atoms with Crippen molar-refractivity contribution in [3.63, 3.8) is 0 Å². The Morgan fingerprint density at radius 3 is 2.47 bits per heavy atom. The third-order valence-corrected chi connectivity index (χ3v) is 10.7. The summed E-state index contributed by atoms with van der Waals surface area (Å²) in [4.78, 5) is 0. The smallest absolute Gasteiger partial charge is 0.214 e. The average Bonchev–Trinajstić information content (AvgIpc) is 3.15. The van der Waals surface area contributed by atoms with Gasteiger partial charge in [-0.2, -0.15) is 4.57 Å². The summed E-state index contributed by atoms with van der Waals surface area (Å²) in [5, 5.41) is 2.56. The highest BCUT2D eigenvalue weighted by Gasteiger charge is 2.82. The Hall–Kier alpha value is -3.43. The first-order valence-corrected chi connectivity index (χ1v) is 13.8. The SMILES string of the molecule is COCC1C2(C)c3ccc4c(c3-c3ccc5c(C)cc(C)cc5[n+]3C12C)C(C)(C)c1c-4oc2ccccc12. The summed E-state index contributed by atoms with van der Waals surface area (Å²) in [7, 11) is 1.84. The van der Waals surface area contributed by atoms with Crippen molar-refractivity contribution in [2.75, 3.05) is 13.7 Å². The van der Waals surface area contributed by atoms with Crippen LogP contribution in [0.3, 0.4) is 0 Å². The minimum Gasteiger partial charge on any atom is -0.456 e. The molecule has 0 N–H and O–H groups in total. The second-order valence-electron chi connectivity index (χ2n) is 12.8. The van der Waals surface area contributed by atoms with Crippen LogP contribution in [0.15, 0.2) is 65.1 Å². The molecule has 1 saturated carbocycles. The monoisotopic (exact) mass is 500 g/mol. The van der Waals surface area contributed by atoms with Gasteiger partial charge >= 0.3 is 0 Å². The number of rotatable bonds is 2. The second kappa shape index (κ2) is 6.76. The van der Waals surface area contributed by atoms with Crippen LogP contribution in [-0.2, 0) is 21.1 Å². The van der Waals surface area contributed by atoms with Gasteiger partial charge in [-0.15, -0.1) is 0 Å². The van der Waals surface area contributed by atoms with Gasteiger partial charge in [0, 0.05) is 53.5 Å². The summed E-state index contributed by atoms with van der Waals surface area (Å²) in [6.45, 7) is 14.9. The predicted octanol–water partition coefficient (Wildman–Crippen LogP) is 7.73. The zero-order valence-electron chi connectivity index (χ0n) is 23.3. The lowest BCUT2D eigenvalue weighted by Gasteiger charge is -2.31. The van der Waals surface area contributed by atoms with Crippen molar-refractivity contribution in [1.82, 2.24) is 0 Å². The van der Waals surface area contributed by atoms with Gasteiger partial charge in [0.05, 0.1) is 23.5 Å². The van der Waals surface area contributed by atoms with Crippen molar-refractivity contribution in [2.24, 2.45) is 5.92 Å². The maximum Gasteiger partial charge on any atom is 0.214 e. The molecule has 3 unspecified atom stereocenters. The van der Waals surface area contributed by atoms with Gasteiger partial charge in [-0.1, -0.05) is 50.2 Å². The van der Waals surface area contributed by atoms with E-state index in [0.717, 1.165) is 18.0 Å². The molecule has 0 saturated heterocycles. The van der Waals surface area contributed by atoms with E-state index in [2.05, 4.69) is 107 Å². The van der Waals surface area contributed by atoms with Gasteiger partial charge in [0.1, 0.15) is 11.3 Å². The second-order valence-corrected chi connectivity index (χ2v) is 12.8. The van der Waals surface area contributed by atoms with Gasteiger partial charge < -0.3 is 9.15 Å². The molecule has 3 aromatic carbocycles. The first-order valence-electron chi connectivity index (χ1n) is 13.8. The van der Waals surface area contributed by atoms with Crippen LogP contribution in [0.2, 0.25) is 0 Å². The molecule has 0 radical (unpaired) electrons. The zero-order chi connectivity index (χ0) is 26.4. The van der Waals surface area contributed by atoms with Crippen LogP contribution in [-0.4, -0.2) is 13.7 Å². The number of para-hydroxylation sites is 1. The number of methoxy groups -OCH3 is 1. The maximum absolute atomic E-state index is 6.57. The molecule has 2 aromatic heterocycles. The molecule has 3 heteroatoms. The number of ether oxygens (including phenoxy) is 1. The molecule has 3 nitrogen and oxygen atoms in total. The average molecular weight is 501 g/mol. The Morgan fingerprint density at radius 1 is 0.895 bits per heavy atom. The minimum absolute atomic E-state index is 0.0289. The van der Waals surface area contributed by atoms with Crippen LogP contribution in [0.1, 0.15) is 55.5 Å². The van der Waals surface area contributed by atoms with E-state index in [1.165, 1.54) is 60.9 Å². The lowest BCUT2D eigenvalue weighted by Crippen LogP contribution is -2.54. The topological polar surface area (TPSA) is 26.2 Å².